The molecule has 1 aromatic heterocycles. The first-order chi connectivity index (χ1) is 14.1. The van der Waals surface area contributed by atoms with E-state index in [2.05, 4.69) is 11.1 Å². The molecule has 1 aliphatic rings. The van der Waals surface area contributed by atoms with Crippen molar-refractivity contribution in [3.63, 3.8) is 0 Å². The number of rotatable bonds is 6. The third-order valence-corrected chi connectivity index (χ3v) is 6.21. The Balaban J connectivity index is 1.64. The second kappa shape index (κ2) is 8.39. The van der Waals surface area contributed by atoms with Crippen molar-refractivity contribution in [3.8, 4) is 0 Å². The van der Waals surface area contributed by atoms with E-state index in [0.717, 1.165) is 12.1 Å². The fourth-order valence-corrected chi connectivity index (χ4v) is 4.61. The second-order valence-electron chi connectivity index (χ2n) is 6.99. The van der Waals surface area contributed by atoms with Gasteiger partial charge in [-0.05, 0) is 37.1 Å². The largest absolute Gasteiger partial charge is 0.383 e. The standard InChI is InChI=1S/C22H23N3O3S/c1-15(20(26)24-12-11-16-7-3-6-10-19(16)24)29-22-23-18-9-5-4-8-17(18)21(27)25(22)13-14-28-2/h3-10,15H,11-14H2,1-2H3/t15-/m1/s1. The number of anilines is 1. The van der Waals surface area contributed by atoms with Crippen LogP contribution in [0.15, 0.2) is 58.5 Å². The van der Waals surface area contributed by atoms with Crippen LogP contribution >= 0.6 is 11.8 Å². The Morgan fingerprint density at radius 1 is 1.21 bits per heavy atom. The molecule has 0 fully saturated rings. The Morgan fingerprint density at radius 3 is 2.79 bits per heavy atom. The Bertz CT molecular complexity index is 1110. The van der Waals surface area contributed by atoms with Gasteiger partial charge >= 0.3 is 0 Å². The first-order valence-corrected chi connectivity index (χ1v) is 10.5. The Kier molecular flexibility index (Phi) is 5.69. The average Bonchev–Trinajstić information content (AvgIpc) is 3.17. The van der Waals surface area contributed by atoms with E-state index in [1.165, 1.54) is 17.3 Å². The van der Waals surface area contributed by atoms with Gasteiger partial charge in [0, 0.05) is 19.3 Å². The third-order valence-electron chi connectivity index (χ3n) is 5.13. The smallest absolute Gasteiger partial charge is 0.262 e. The molecule has 29 heavy (non-hydrogen) atoms. The lowest BCUT2D eigenvalue weighted by Crippen LogP contribution is -2.36. The summed E-state index contributed by atoms with van der Waals surface area (Å²) in [6.45, 7) is 3.35. The number of ether oxygens (including phenoxy) is 1. The molecule has 0 aliphatic carbocycles. The number of para-hydroxylation sites is 2. The third kappa shape index (κ3) is 3.80. The summed E-state index contributed by atoms with van der Waals surface area (Å²) >= 11 is 1.32. The molecule has 6 nitrogen and oxygen atoms in total. The van der Waals surface area contributed by atoms with Crippen molar-refractivity contribution in [2.75, 3.05) is 25.2 Å². The van der Waals surface area contributed by atoms with Crippen molar-refractivity contribution in [1.29, 1.82) is 0 Å². The van der Waals surface area contributed by atoms with Gasteiger partial charge in [0.15, 0.2) is 5.16 Å². The molecular weight excluding hydrogens is 386 g/mol. The van der Waals surface area contributed by atoms with Crippen molar-refractivity contribution in [2.24, 2.45) is 0 Å². The maximum Gasteiger partial charge on any atom is 0.262 e. The second-order valence-corrected chi connectivity index (χ2v) is 8.30. The highest BCUT2D eigenvalue weighted by Crippen LogP contribution is 2.31. The molecule has 0 N–H and O–H groups in total. The Labute approximate surface area is 173 Å². The van der Waals surface area contributed by atoms with Crippen LogP contribution in [0.25, 0.3) is 10.9 Å². The normalized spacial score (nSPS) is 14.2. The van der Waals surface area contributed by atoms with Crippen LogP contribution in [0.1, 0.15) is 12.5 Å². The molecule has 2 heterocycles. The minimum Gasteiger partial charge on any atom is -0.383 e. The van der Waals surface area contributed by atoms with E-state index in [1.807, 2.05) is 48.2 Å². The van der Waals surface area contributed by atoms with Gasteiger partial charge < -0.3 is 9.64 Å². The van der Waals surface area contributed by atoms with Crippen LogP contribution in [-0.4, -0.2) is 41.0 Å². The number of benzene rings is 2. The Hall–Kier alpha value is -2.64. The van der Waals surface area contributed by atoms with E-state index in [9.17, 15) is 9.59 Å². The van der Waals surface area contributed by atoms with Crippen LogP contribution in [0.2, 0.25) is 0 Å². The van der Waals surface area contributed by atoms with Gasteiger partial charge in [-0.15, -0.1) is 0 Å². The average molecular weight is 410 g/mol. The van der Waals surface area contributed by atoms with E-state index in [-0.39, 0.29) is 16.7 Å². The number of hydrogen-bond acceptors (Lipinski definition) is 5. The van der Waals surface area contributed by atoms with E-state index in [4.69, 9.17) is 4.74 Å². The first-order valence-electron chi connectivity index (χ1n) is 9.64. The molecule has 0 unspecified atom stereocenters. The highest BCUT2D eigenvalue weighted by atomic mass is 32.2. The molecular formula is C22H23N3O3S. The molecule has 1 atom stereocenters. The number of carbonyl (C=O) groups excluding carboxylic acids is 1. The number of carbonyl (C=O) groups is 1. The monoisotopic (exact) mass is 409 g/mol. The summed E-state index contributed by atoms with van der Waals surface area (Å²) in [6.07, 6.45) is 0.867. The molecule has 0 bridgehead atoms. The Morgan fingerprint density at radius 2 is 1.97 bits per heavy atom. The van der Waals surface area contributed by atoms with Crippen LogP contribution in [0, 0.1) is 0 Å². The van der Waals surface area contributed by atoms with Crippen LogP contribution in [0.4, 0.5) is 5.69 Å². The van der Waals surface area contributed by atoms with Crippen molar-refractivity contribution in [3.05, 3.63) is 64.4 Å². The lowest BCUT2D eigenvalue weighted by Gasteiger charge is -2.22. The molecule has 1 amide bonds. The molecule has 150 valence electrons. The maximum atomic E-state index is 13.2. The SMILES string of the molecule is COCCn1c(S[C@H](C)C(=O)N2CCc3ccccc32)nc2ccccc2c1=O. The van der Waals surface area contributed by atoms with Gasteiger partial charge in [0.05, 0.1) is 29.3 Å². The van der Waals surface area contributed by atoms with Crippen molar-refractivity contribution in [2.45, 2.75) is 30.3 Å². The number of amides is 1. The van der Waals surface area contributed by atoms with Crippen LogP contribution in [-0.2, 0) is 22.5 Å². The lowest BCUT2D eigenvalue weighted by atomic mass is 10.2. The molecule has 4 rings (SSSR count). The summed E-state index contributed by atoms with van der Waals surface area (Å²) in [5.74, 6) is 0.0284. The molecule has 0 radical (unpaired) electrons. The quantitative estimate of drug-likeness (QED) is 0.462. The van der Waals surface area contributed by atoms with Crippen LogP contribution in [0.3, 0.4) is 0 Å². The fourth-order valence-electron chi connectivity index (χ4n) is 3.61. The first kappa shape index (κ1) is 19.7. The zero-order valence-electron chi connectivity index (χ0n) is 16.5. The van der Waals surface area contributed by atoms with Gasteiger partial charge in [-0.25, -0.2) is 4.98 Å². The van der Waals surface area contributed by atoms with Gasteiger partial charge in [-0.3, -0.25) is 14.2 Å². The number of fused-ring (bicyclic) bond motifs is 2. The lowest BCUT2D eigenvalue weighted by molar-refractivity contribution is -0.117. The fraction of sp³-hybridized carbons (Fsp3) is 0.318. The maximum absolute atomic E-state index is 13.2. The summed E-state index contributed by atoms with van der Waals surface area (Å²) in [5.41, 5.74) is 2.70. The molecule has 0 saturated carbocycles. The number of thioether (sulfide) groups is 1. The minimum atomic E-state index is -0.372. The highest BCUT2D eigenvalue weighted by Gasteiger charge is 2.29. The van der Waals surface area contributed by atoms with Crippen LogP contribution in [0.5, 0.6) is 0 Å². The topological polar surface area (TPSA) is 64.4 Å². The highest BCUT2D eigenvalue weighted by molar-refractivity contribution is 8.00. The van der Waals surface area contributed by atoms with Gasteiger partial charge in [-0.1, -0.05) is 42.1 Å². The molecule has 0 saturated heterocycles. The molecule has 0 spiro atoms. The zero-order chi connectivity index (χ0) is 20.4. The number of nitrogens with zero attached hydrogens (tertiary/aromatic N) is 3. The molecule has 2 aromatic carbocycles. The van der Waals surface area contributed by atoms with E-state index in [0.29, 0.717) is 35.8 Å². The van der Waals surface area contributed by atoms with Crippen molar-refractivity contribution >= 4 is 34.3 Å². The number of hydrogen-bond donors (Lipinski definition) is 0. The zero-order valence-corrected chi connectivity index (χ0v) is 17.3. The van der Waals surface area contributed by atoms with Crippen molar-refractivity contribution in [1.82, 2.24) is 9.55 Å². The van der Waals surface area contributed by atoms with Gasteiger partial charge in [0.25, 0.3) is 5.56 Å². The van der Waals surface area contributed by atoms with Crippen molar-refractivity contribution < 1.29 is 9.53 Å². The summed E-state index contributed by atoms with van der Waals surface area (Å²) in [7, 11) is 1.60. The molecule has 3 aromatic rings. The summed E-state index contributed by atoms with van der Waals surface area (Å²) in [6, 6.07) is 15.3. The molecule has 7 heteroatoms. The van der Waals surface area contributed by atoms with Gasteiger partial charge in [0.1, 0.15) is 0 Å². The number of aromatic nitrogens is 2. The molecule has 1 aliphatic heterocycles. The van der Waals surface area contributed by atoms with E-state index >= 15 is 0 Å². The van der Waals surface area contributed by atoms with Crippen LogP contribution < -0.4 is 10.5 Å². The predicted molar refractivity (Wildman–Crippen MR) is 116 cm³/mol. The van der Waals surface area contributed by atoms with E-state index in [1.54, 1.807) is 17.7 Å². The summed E-state index contributed by atoms with van der Waals surface area (Å²) < 4.78 is 6.78. The van der Waals surface area contributed by atoms with E-state index < -0.39 is 0 Å². The number of methoxy groups -OCH3 is 1. The van der Waals surface area contributed by atoms with Gasteiger partial charge in [-0.2, -0.15) is 0 Å². The minimum absolute atomic E-state index is 0.0284. The summed E-state index contributed by atoms with van der Waals surface area (Å²) in [4.78, 5) is 32.7. The van der Waals surface area contributed by atoms with Gasteiger partial charge in [0.2, 0.25) is 5.91 Å². The predicted octanol–water partition coefficient (Wildman–Crippen LogP) is 3.11. The summed E-state index contributed by atoms with van der Waals surface area (Å²) in [5, 5.41) is 0.738.